The number of aromatic carboxylic acids is 1. The highest BCUT2D eigenvalue weighted by Crippen LogP contribution is 2.06. The molecule has 8 heteroatoms. The van der Waals surface area contributed by atoms with E-state index in [1.807, 2.05) is 6.92 Å². The van der Waals surface area contributed by atoms with Crippen LogP contribution < -0.4 is 5.32 Å². The van der Waals surface area contributed by atoms with E-state index >= 15 is 0 Å². The Balaban J connectivity index is 2.06. The van der Waals surface area contributed by atoms with Crippen molar-refractivity contribution in [3.05, 3.63) is 35.9 Å². The lowest BCUT2D eigenvalue weighted by Gasteiger charge is -2.13. The van der Waals surface area contributed by atoms with Crippen LogP contribution in [0.3, 0.4) is 0 Å². The number of amides is 1. The zero-order chi connectivity index (χ0) is 14.7. The third-order valence-electron chi connectivity index (χ3n) is 2.67. The van der Waals surface area contributed by atoms with Crippen molar-refractivity contribution in [2.75, 3.05) is 0 Å². The molecule has 1 amide bonds. The molecule has 2 heterocycles. The highest BCUT2D eigenvalue weighted by Gasteiger charge is 2.22. The monoisotopic (exact) mass is 277 g/mol. The van der Waals surface area contributed by atoms with Crippen LogP contribution in [0.5, 0.6) is 0 Å². The number of carbonyl (C=O) groups is 2. The van der Waals surface area contributed by atoms with Crippen molar-refractivity contribution >= 4 is 11.9 Å². The first kappa shape index (κ1) is 13.8. The first-order valence-corrected chi connectivity index (χ1v) is 6.02. The Morgan fingerprint density at radius 1 is 1.50 bits per heavy atom. The molecule has 0 aliphatic heterocycles. The molecular formula is C12H15N5O3. The standard InChI is InChI=1S/C12H15N5O3/c1-8(6-17-5-3-4-13-17)14-11(18)10-9(12(19)20)7-16(2)15-10/h3-5,7-8H,6H2,1-2H3,(H,14,18)(H,19,20). The van der Waals surface area contributed by atoms with Gasteiger partial charge in [0.2, 0.25) is 0 Å². The summed E-state index contributed by atoms with van der Waals surface area (Å²) in [6.07, 6.45) is 4.73. The first-order valence-electron chi connectivity index (χ1n) is 6.02. The summed E-state index contributed by atoms with van der Waals surface area (Å²) in [5, 5.41) is 19.6. The Bertz CT molecular complexity index is 617. The Kier molecular flexibility index (Phi) is 3.83. The van der Waals surface area contributed by atoms with Crippen molar-refractivity contribution in [2.24, 2.45) is 7.05 Å². The number of nitrogens with zero attached hydrogens (tertiary/aromatic N) is 4. The second kappa shape index (κ2) is 5.55. The first-order chi connectivity index (χ1) is 9.47. The number of aromatic nitrogens is 4. The molecule has 1 unspecified atom stereocenters. The summed E-state index contributed by atoms with van der Waals surface area (Å²) in [5.74, 6) is -1.69. The van der Waals surface area contributed by atoms with Crippen molar-refractivity contribution in [1.82, 2.24) is 24.9 Å². The summed E-state index contributed by atoms with van der Waals surface area (Å²) in [4.78, 5) is 23.1. The third kappa shape index (κ3) is 3.02. The van der Waals surface area contributed by atoms with E-state index in [0.717, 1.165) is 0 Å². The van der Waals surface area contributed by atoms with E-state index in [1.54, 1.807) is 30.2 Å². The molecule has 1 atom stereocenters. The second-order valence-corrected chi connectivity index (χ2v) is 4.47. The van der Waals surface area contributed by atoms with Crippen LogP contribution in [-0.2, 0) is 13.6 Å². The average Bonchev–Trinajstić information content (AvgIpc) is 2.97. The molecular weight excluding hydrogens is 262 g/mol. The van der Waals surface area contributed by atoms with Gasteiger partial charge in [-0.25, -0.2) is 4.79 Å². The van der Waals surface area contributed by atoms with Crippen molar-refractivity contribution in [2.45, 2.75) is 19.5 Å². The molecule has 2 rings (SSSR count). The number of aryl methyl sites for hydroxylation is 1. The van der Waals surface area contributed by atoms with Gasteiger partial charge < -0.3 is 10.4 Å². The maximum Gasteiger partial charge on any atom is 0.339 e. The number of hydrogen-bond donors (Lipinski definition) is 2. The maximum absolute atomic E-state index is 12.0. The highest BCUT2D eigenvalue weighted by atomic mass is 16.4. The van der Waals surface area contributed by atoms with E-state index in [9.17, 15) is 9.59 Å². The van der Waals surface area contributed by atoms with Gasteiger partial charge in [0, 0.05) is 31.7 Å². The van der Waals surface area contributed by atoms with Gasteiger partial charge >= 0.3 is 5.97 Å². The lowest BCUT2D eigenvalue weighted by molar-refractivity contribution is 0.0690. The van der Waals surface area contributed by atoms with E-state index in [4.69, 9.17) is 5.11 Å². The van der Waals surface area contributed by atoms with Crippen molar-refractivity contribution < 1.29 is 14.7 Å². The van der Waals surface area contributed by atoms with Gasteiger partial charge in [0.15, 0.2) is 5.69 Å². The Morgan fingerprint density at radius 2 is 2.25 bits per heavy atom. The maximum atomic E-state index is 12.0. The minimum Gasteiger partial charge on any atom is -0.478 e. The molecule has 0 aliphatic rings. The largest absolute Gasteiger partial charge is 0.478 e. The van der Waals surface area contributed by atoms with Gasteiger partial charge in [-0.2, -0.15) is 10.2 Å². The van der Waals surface area contributed by atoms with Crippen LogP contribution in [0.2, 0.25) is 0 Å². The van der Waals surface area contributed by atoms with Gasteiger partial charge in [-0.3, -0.25) is 14.2 Å². The number of carboxylic acid groups (broad SMARTS) is 1. The summed E-state index contributed by atoms with van der Waals surface area (Å²) in [7, 11) is 1.57. The number of rotatable bonds is 5. The molecule has 0 aliphatic carbocycles. The number of nitrogens with one attached hydrogen (secondary N) is 1. The van der Waals surface area contributed by atoms with Crippen LogP contribution >= 0.6 is 0 Å². The summed E-state index contributed by atoms with van der Waals surface area (Å²) >= 11 is 0. The number of hydrogen-bond acceptors (Lipinski definition) is 4. The average molecular weight is 277 g/mol. The summed E-state index contributed by atoms with van der Waals surface area (Å²) < 4.78 is 2.98. The van der Waals surface area contributed by atoms with Gasteiger partial charge in [0.1, 0.15) is 5.56 Å². The molecule has 0 spiro atoms. The Morgan fingerprint density at radius 3 is 2.85 bits per heavy atom. The molecule has 106 valence electrons. The molecule has 2 N–H and O–H groups in total. The van der Waals surface area contributed by atoms with E-state index in [0.29, 0.717) is 6.54 Å². The molecule has 0 saturated carbocycles. The summed E-state index contributed by atoms with van der Waals surface area (Å²) in [6.45, 7) is 2.30. The van der Waals surface area contributed by atoms with Gasteiger partial charge in [0.05, 0.1) is 6.54 Å². The zero-order valence-corrected chi connectivity index (χ0v) is 11.1. The van der Waals surface area contributed by atoms with E-state index in [1.165, 1.54) is 10.9 Å². The number of carbonyl (C=O) groups excluding carboxylic acids is 1. The normalized spacial score (nSPS) is 12.1. The molecule has 20 heavy (non-hydrogen) atoms. The van der Waals surface area contributed by atoms with Gasteiger partial charge in [-0.15, -0.1) is 0 Å². The number of carboxylic acids is 1. The van der Waals surface area contributed by atoms with Crippen LogP contribution in [0.1, 0.15) is 27.8 Å². The van der Waals surface area contributed by atoms with Gasteiger partial charge in [-0.05, 0) is 13.0 Å². The Labute approximate surface area is 115 Å². The smallest absolute Gasteiger partial charge is 0.339 e. The van der Waals surface area contributed by atoms with E-state index in [-0.39, 0.29) is 17.3 Å². The Hall–Kier alpha value is -2.64. The van der Waals surface area contributed by atoms with Crippen molar-refractivity contribution in [3.63, 3.8) is 0 Å². The van der Waals surface area contributed by atoms with Crippen LogP contribution in [0.4, 0.5) is 0 Å². The fourth-order valence-corrected chi connectivity index (χ4v) is 1.84. The van der Waals surface area contributed by atoms with Crippen LogP contribution in [0, 0.1) is 0 Å². The minimum absolute atomic E-state index is 0.0904. The molecule has 2 aromatic rings. The lowest BCUT2D eigenvalue weighted by atomic mass is 10.2. The molecule has 2 aromatic heterocycles. The fourth-order valence-electron chi connectivity index (χ4n) is 1.84. The molecule has 0 bridgehead atoms. The molecule has 0 fully saturated rings. The predicted molar refractivity (Wildman–Crippen MR) is 69.3 cm³/mol. The SMILES string of the molecule is CC(Cn1cccn1)NC(=O)c1nn(C)cc1C(=O)O. The van der Waals surface area contributed by atoms with Crippen molar-refractivity contribution in [1.29, 1.82) is 0 Å². The molecule has 0 saturated heterocycles. The van der Waals surface area contributed by atoms with E-state index in [2.05, 4.69) is 15.5 Å². The summed E-state index contributed by atoms with van der Waals surface area (Å²) in [6, 6.07) is 1.58. The highest BCUT2D eigenvalue weighted by molar-refractivity contribution is 6.03. The quantitative estimate of drug-likeness (QED) is 0.809. The molecule has 0 radical (unpaired) electrons. The third-order valence-corrected chi connectivity index (χ3v) is 2.67. The van der Waals surface area contributed by atoms with Crippen LogP contribution in [0.15, 0.2) is 24.7 Å². The van der Waals surface area contributed by atoms with Crippen LogP contribution in [-0.4, -0.2) is 42.6 Å². The van der Waals surface area contributed by atoms with E-state index < -0.39 is 11.9 Å². The van der Waals surface area contributed by atoms with Crippen LogP contribution in [0.25, 0.3) is 0 Å². The molecule has 8 nitrogen and oxygen atoms in total. The van der Waals surface area contributed by atoms with Gasteiger partial charge in [0.25, 0.3) is 5.91 Å². The predicted octanol–water partition coefficient (Wildman–Crippen LogP) is 0.133. The fraction of sp³-hybridized carbons (Fsp3) is 0.333. The second-order valence-electron chi connectivity index (χ2n) is 4.47. The topological polar surface area (TPSA) is 102 Å². The van der Waals surface area contributed by atoms with Crippen molar-refractivity contribution in [3.8, 4) is 0 Å². The molecule has 0 aromatic carbocycles. The summed E-state index contributed by atoms with van der Waals surface area (Å²) in [5.41, 5.74) is -0.205. The minimum atomic E-state index is -1.18. The van der Waals surface area contributed by atoms with Gasteiger partial charge in [-0.1, -0.05) is 0 Å². The lowest BCUT2D eigenvalue weighted by Crippen LogP contribution is -2.36. The zero-order valence-electron chi connectivity index (χ0n) is 11.1.